The third kappa shape index (κ3) is 4.40. The topological polar surface area (TPSA) is 12.0 Å². The molecule has 0 unspecified atom stereocenters. The van der Waals surface area contributed by atoms with Crippen molar-refractivity contribution in [3.05, 3.63) is 11.3 Å². The zero-order chi connectivity index (χ0) is 7.28. The van der Waals surface area contributed by atoms with Crippen LogP contribution >= 0.6 is 11.8 Å². The van der Waals surface area contributed by atoms with Crippen LogP contribution in [-0.4, -0.2) is 12.1 Å². The smallest absolute Gasteiger partial charge is 0.0605 e. The van der Waals surface area contributed by atoms with Crippen molar-refractivity contribution in [1.82, 2.24) is 5.32 Å². The standard InChI is InChI=1S/C7H15NS/c1-6(2)7(3)8-5-9-4/h8H,5H2,1-4H3. The molecule has 0 saturated carbocycles. The Bertz CT molecular complexity index is 103. The predicted molar refractivity (Wildman–Crippen MR) is 45.6 cm³/mol. The lowest BCUT2D eigenvalue weighted by molar-refractivity contribution is 0.932. The minimum atomic E-state index is 1.01. The summed E-state index contributed by atoms with van der Waals surface area (Å²) in [4.78, 5) is 0. The second kappa shape index (κ2) is 4.74. The summed E-state index contributed by atoms with van der Waals surface area (Å²) in [7, 11) is 0. The minimum Gasteiger partial charge on any atom is -0.380 e. The van der Waals surface area contributed by atoms with Crippen LogP contribution in [0.5, 0.6) is 0 Å². The van der Waals surface area contributed by atoms with Gasteiger partial charge in [0.05, 0.1) is 5.88 Å². The molecule has 0 aromatic carbocycles. The summed E-state index contributed by atoms with van der Waals surface area (Å²) in [5, 5.41) is 3.27. The highest BCUT2D eigenvalue weighted by atomic mass is 32.2. The summed E-state index contributed by atoms with van der Waals surface area (Å²) in [6, 6.07) is 0. The van der Waals surface area contributed by atoms with E-state index in [1.165, 1.54) is 11.3 Å². The summed E-state index contributed by atoms with van der Waals surface area (Å²) in [6.45, 7) is 6.33. The Morgan fingerprint density at radius 3 is 2.22 bits per heavy atom. The summed E-state index contributed by atoms with van der Waals surface area (Å²) in [5.74, 6) is 1.01. The van der Waals surface area contributed by atoms with Gasteiger partial charge in [-0.05, 0) is 27.0 Å². The molecule has 0 rings (SSSR count). The van der Waals surface area contributed by atoms with E-state index in [-0.39, 0.29) is 0 Å². The summed E-state index contributed by atoms with van der Waals surface area (Å²) in [6.07, 6.45) is 2.09. The lowest BCUT2D eigenvalue weighted by Gasteiger charge is -2.04. The van der Waals surface area contributed by atoms with Crippen molar-refractivity contribution in [1.29, 1.82) is 0 Å². The maximum Gasteiger partial charge on any atom is 0.0605 e. The lowest BCUT2D eigenvalue weighted by atomic mass is 10.3. The van der Waals surface area contributed by atoms with Crippen LogP contribution in [0.15, 0.2) is 11.3 Å². The molecule has 2 heteroatoms. The van der Waals surface area contributed by atoms with Gasteiger partial charge in [0.1, 0.15) is 0 Å². The number of rotatable bonds is 3. The molecule has 0 heterocycles. The van der Waals surface area contributed by atoms with E-state index in [4.69, 9.17) is 0 Å². The first-order valence-corrected chi connectivity index (χ1v) is 4.44. The van der Waals surface area contributed by atoms with Gasteiger partial charge in [-0.3, -0.25) is 0 Å². The second-order valence-electron chi connectivity index (χ2n) is 2.23. The van der Waals surface area contributed by atoms with Crippen LogP contribution in [0.4, 0.5) is 0 Å². The normalized spacial score (nSPS) is 8.89. The Morgan fingerprint density at radius 2 is 1.89 bits per heavy atom. The number of hydrogen-bond acceptors (Lipinski definition) is 2. The van der Waals surface area contributed by atoms with E-state index in [2.05, 4.69) is 32.3 Å². The maximum absolute atomic E-state index is 3.27. The fourth-order valence-electron chi connectivity index (χ4n) is 0.357. The lowest BCUT2D eigenvalue weighted by Crippen LogP contribution is -2.10. The molecule has 0 bridgehead atoms. The molecule has 0 aliphatic heterocycles. The fraction of sp³-hybridized carbons (Fsp3) is 0.714. The highest BCUT2D eigenvalue weighted by Crippen LogP contribution is 1.98. The number of nitrogens with one attached hydrogen (secondary N) is 1. The Morgan fingerprint density at radius 1 is 1.33 bits per heavy atom. The molecule has 0 radical (unpaired) electrons. The van der Waals surface area contributed by atoms with Crippen LogP contribution in [0.2, 0.25) is 0 Å². The molecule has 0 fully saturated rings. The second-order valence-corrected chi connectivity index (χ2v) is 3.10. The molecule has 0 aromatic heterocycles. The molecule has 0 aromatic rings. The molecular formula is C7H15NS. The molecule has 0 atom stereocenters. The van der Waals surface area contributed by atoms with Crippen molar-refractivity contribution < 1.29 is 0 Å². The van der Waals surface area contributed by atoms with E-state index < -0.39 is 0 Å². The molecule has 0 spiro atoms. The van der Waals surface area contributed by atoms with Crippen LogP contribution in [0.25, 0.3) is 0 Å². The van der Waals surface area contributed by atoms with Crippen LogP contribution in [-0.2, 0) is 0 Å². The average molecular weight is 145 g/mol. The molecule has 0 aliphatic rings. The van der Waals surface area contributed by atoms with Crippen molar-refractivity contribution in [2.45, 2.75) is 20.8 Å². The van der Waals surface area contributed by atoms with Gasteiger partial charge in [-0.2, -0.15) is 0 Å². The third-order valence-electron chi connectivity index (χ3n) is 1.23. The van der Waals surface area contributed by atoms with E-state index in [0.717, 1.165) is 5.88 Å². The Hall–Kier alpha value is -0.110. The Labute approximate surface area is 61.9 Å². The SMILES string of the molecule is CSCNC(C)=C(C)C. The van der Waals surface area contributed by atoms with Crippen molar-refractivity contribution in [2.24, 2.45) is 0 Å². The summed E-state index contributed by atoms with van der Waals surface area (Å²) >= 11 is 1.80. The van der Waals surface area contributed by atoms with Gasteiger partial charge in [0, 0.05) is 5.70 Å². The van der Waals surface area contributed by atoms with Crippen molar-refractivity contribution in [3.63, 3.8) is 0 Å². The van der Waals surface area contributed by atoms with Crippen molar-refractivity contribution in [2.75, 3.05) is 12.1 Å². The van der Waals surface area contributed by atoms with E-state index in [0.29, 0.717) is 0 Å². The van der Waals surface area contributed by atoms with Gasteiger partial charge in [0.25, 0.3) is 0 Å². The van der Waals surface area contributed by atoms with E-state index in [9.17, 15) is 0 Å². The van der Waals surface area contributed by atoms with Gasteiger partial charge in [-0.1, -0.05) is 5.57 Å². The Kier molecular flexibility index (Phi) is 4.68. The molecular weight excluding hydrogens is 130 g/mol. The molecule has 0 amide bonds. The fourth-order valence-corrected chi connectivity index (χ4v) is 0.718. The van der Waals surface area contributed by atoms with Crippen LogP contribution in [0, 0.1) is 0 Å². The molecule has 0 aliphatic carbocycles. The van der Waals surface area contributed by atoms with E-state index >= 15 is 0 Å². The van der Waals surface area contributed by atoms with Crippen LogP contribution in [0.1, 0.15) is 20.8 Å². The van der Waals surface area contributed by atoms with Gasteiger partial charge >= 0.3 is 0 Å². The molecule has 0 saturated heterocycles. The molecule has 54 valence electrons. The molecule has 9 heavy (non-hydrogen) atoms. The van der Waals surface area contributed by atoms with Crippen molar-refractivity contribution >= 4 is 11.8 Å². The van der Waals surface area contributed by atoms with Gasteiger partial charge in [0.2, 0.25) is 0 Å². The largest absolute Gasteiger partial charge is 0.380 e. The van der Waals surface area contributed by atoms with Gasteiger partial charge in [0.15, 0.2) is 0 Å². The van der Waals surface area contributed by atoms with Crippen LogP contribution < -0.4 is 5.32 Å². The highest BCUT2D eigenvalue weighted by Gasteiger charge is 1.86. The van der Waals surface area contributed by atoms with E-state index in [1.54, 1.807) is 11.8 Å². The number of hydrogen-bond donors (Lipinski definition) is 1. The Balaban J connectivity index is 3.50. The maximum atomic E-state index is 3.27. The number of allylic oxidation sites excluding steroid dienone is 2. The first-order valence-electron chi connectivity index (χ1n) is 3.05. The first kappa shape index (κ1) is 8.89. The minimum absolute atomic E-state index is 1.01. The monoisotopic (exact) mass is 145 g/mol. The third-order valence-corrected chi connectivity index (χ3v) is 1.66. The molecule has 1 N–H and O–H groups in total. The summed E-state index contributed by atoms with van der Waals surface area (Å²) < 4.78 is 0. The van der Waals surface area contributed by atoms with Gasteiger partial charge in [-0.15, -0.1) is 11.8 Å². The highest BCUT2D eigenvalue weighted by molar-refractivity contribution is 7.98. The van der Waals surface area contributed by atoms with E-state index in [1.807, 2.05) is 0 Å². The molecule has 1 nitrogen and oxygen atoms in total. The van der Waals surface area contributed by atoms with Crippen LogP contribution in [0.3, 0.4) is 0 Å². The van der Waals surface area contributed by atoms with Gasteiger partial charge in [-0.25, -0.2) is 0 Å². The summed E-state index contributed by atoms with van der Waals surface area (Å²) in [5.41, 5.74) is 2.66. The average Bonchev–Trinajstić information content (AvgIpc) is 1.82. The first-order chi connectivity index (χ1) is 4.18. The zero-order valence-corrected chi connectivity index (χ0v) is 7.43. The predicted octanol–water partition coefficient (Wildman–Crippen LogP) is 2.21. The van der Waals surface area contributed by atoms with Crippen molar-refractivity contribution in [3.8, 4) is 0 Å². The number of thioether (sulfide) groups is 1. The zero-order valence-electron chi connectivity index (χ0n) is 6.62. The quantitative estimate of drug-likeness (QED) is 0.611. The van der Waals surface area contributed by atoms with Gasteiger partial charge < -0.3 is 5.32 Å².